The Hall–Kier alpha value is -0.257. The molecule has 0 bridgehead atoms. The van der Waals surface area contributed by atoms with Crippen molar-refractivity contribution < 1.29 is 135 Å². The quantitative estimate of drug-likeness (QED) is 0.0707. The number of carbonyl (C=O) groups excluding carboxylic acids is 1. The van der Waals surface area contributed by atoms with Crippen LogP contribution in [-0.4, -0.2) is 34.4 Å². The van der Waals surface area contributed by atoms with Gasteiger partial charge in [0.2, 0.25) is 0 Å². The van der Waals surface area contributed by atoms with Gasteiger partial charge >= 0.3 is 103 Å². The van der Waals surface area contributed by atoms with Crippen LogP contribution < -0.4 is 119 Å². The molecule has 0 aliphatic carbocycles. The zero-order chi connectivity index (χ0) is 25.3. The van der Waals surface area contributed by atoms with E-state index in [0.29, 0.717) is 39.7 Å². The van der Waals surface area contributed by atoms with Crippen LogP contribution in [0.2, 0.25) is 0 Å². The molecule has 4 rings (SSSR count). The number of aryl methyl sites for hydroxylation is 1. The summed E-state index contributed by atoms with van der Waals surface area (Å²) >= 11 is 0.710. The minimum atomic E-state index is -4.62. The molecule has 1 amide bonds. The smallest absolute Gasteiger partial charge is 0.744 e. The van der Waals surface area contributed by atoms with Gasteiger partial charge in [0.1, 0.15) is 10.1 Å². The van der Waals surface area contributed by atoms with Gasteiger partial charge in [-0.2, -0.15) is 14.4 Å². The predicted octanol–water partition coefficient (Wildman–Crippen LogP) is -4.58. The molecule has 0 radical (unpaired) electrons. The van der Waals surface area contributed by atoms with Crippen molar-refractivity contribution >= 4 is 45.5 Å². The van der Waals surface area contributed by atoms with Gasteiger partial charge in [0, 0.05) is 10.6 Å². The van der Waals surface area contributed by atoms with Crippen LogP contribution in [-0.2, 0) is 24.3 Å². The number of aromatic nitrogens is 2. The molecule has 1 aliphatic rings. The van der Waals surface area contributed by atoms with E-state index in [1.807, 2.05) is 0 Å². The molecule has 182 valence electrons. The van der Waals surface area contributed by atoms with Crippen LogP contribution in [0.15, 0.2) is 73.8 Å². The zero-order valence-electron chi connectivity index (χ0n) is 20.1. The Bertz CT molecular complexity index is 1520. The Morgan fingerprint density at radius 1 is 1.00 bits per heavy atom. The molecule has 2 heterocycles. The molecular weight excluding hydrogens is 579 g/mol. The van der Waals surface area contributed by atoms with Crippen molar-refractivity contribution in [3.05, 3.63) is 75.7 Å². The number of aromatic amines is 1. The first kappa shape index (κ1) is 33.0. The van der Waals surface area contributed by atoms with Gasteiger partial charge in [-0.3, -0.25) is 19.7 Å². The topological polar surface area (TPSA) is 169 Å². The van der Waals surface area contributed by atoms with E-state index < -0.39 is 26.5 Å². The fraction of sp³-hybridized carbons (Fsp3) is 0.0952. The van der Waals surface area contributed by atoms with Gasteiger partial charge in [0.15, 0.2) is 0 Å². The van der Waals surface area contributed by atoms with Crippen LogP contribution >= 0.6 is 12.0 Å². The molecule has 12 nitrogen and oxygen atoms in total. The first-order valence-corrected chi connectivity index (χ1v) is 12.0. The van der Waals surface area contributed by atoms with Gasteiger partial charge in [-0.25, -0.2) is 13.1 Å². The summed E-state index contributed by atoms with van der Waals surface area (Å²) in [4.78, 5) is 26.3. The average Bonchev–Trinajstić information content (AvgIpc) is 3.27. The standard InChI is InChI=1S/C21H18N4O8S2.2K/c1-12-18(20(26)24(22-12)14-3-7-16(8-4-14)34-33-32-28)11-19-13(2)23-25(21(19)27)15-5-9-17(10-6-15)35(29,30)31;;/h3-11,23,28H,1-2H3,(H,29,30,31);;/q;2*+1/p-2/b18-11-;;. The minimum absolute atomic E-state index is 0. The molecule has 1 aliphatic heterocycles. The van der Waals surface area contributed by atoms with Crippen molar-refractivity contribution in [3.8, 4) is 5.69 Å². The summed E-state index contributed by atoms with van der Waals surface area (Å²) in [5.74, 6) is -0.446. The Morgan fingerprint density at radius 2 is 1.59 bits per heavy atom. The summed E-state index contributed by atoms with van der Waals surface area (Å²) in [5.41, 5.74) is 1.58. The second kappa shape index (κ2) is 13.9. The molecule has 1 aromatic heterocycles. The number of carbonyl (C=O) groups is 1. The van der Waals surface area contributed by atoms with E-state index in [-0.39, 0.29) is 114 Å². The number of amides is 1. The second-order valence-electron chi connectivity index (χ2n) is 7.31. The minimum Gasteiger partial charge on any atom is -0.744 e. The van der Waals surface area contributed by atoms with Crippen LogP contribution in [0.1, 0.15) is 18.2 Å². The van der Waals surface area contributed by atoms with E-state index >= 15 is 0 Å². The van der Waals surface area contributed by atoms with Gasteiger partial charge in [0.05, 0.1) is 45.2 Å². The fourth-order valence-corrected chi connectivity index (χ4v) is 4.20. The van der Waals surface area contributed by atoms with Crippen LogP contribution in [0.4, 0.5) is 5.69 Å². The SMILES string of the molecule is CC1=NN(c2ccc(SOO[O-])cc2)C(=O)/C1=C\c1c(C)[nH]n(-c2ccc(S(=O)(=O)[O-])cc2)c1=O.[K+].[K+]. The van der Waals surface area contributed by atoms with E-state index in [1.54, 1.807) is 38.1 Å². The number of hydrogen-bond acceptors (Lipinski definition) is 10. The number of H-pyrrole nitrogens is 1. The van der Waals surface area contributed by atoms with Crippen LogP contribution in [0.25, 0.3) is 11.8 Å². The summed E-state index contributed by atoms with van der Waals surface area (Å²) in [5, 5.41) is 21.6. The molecule has 1 N–H and O–H groups in total. The Labute approximate surface area is 300 Å². The van der Waals surface area contributed by atoms with E-state index in [2.05, 4.69) is 19.6 Å². The summed E-state index contributed by atoms with van der Waals surface area (Å²) in [7, 11) is -4.62. The molecule has 0 fully saturated rings. The predicted molar refractivity (Wildman–Crippen MR) is 122 cm³/mol. The monoisotopic (exact) mass is 594 g/mol. The molecule has 16 heteroatoms. The maximum atomic E-state index is 13.1. The Balaban J connectivity index is 0.00000241. The summed E-state index contributed by atoms with van der Waals surface area (Å²) in [6, 6.07) is 11.3. The molecule has 2 aromatic carbocycles. The molecular formula is C21H16K2N4O8S2. The number of benzene rings is 2. The Morgan fingerprint density at radius 3 is 2.16 bits per heavy atom. The normalized spacial score (nSPS) is 14.4. The van der Waals surface area contributed by atoms with Gasteiger partial charge in [0.25, 0.3) is 11.5 Å². The zero-order valence-corrected chi connectivity index (χ0v) is 28.0. The van der Waals surface area contributed by atoms with Crippen molar-refractivity contribution in [2.24, 2.45) is 5.10 Å². The number of rotatable bonds is 7. The van der Waals surface area contributed by atoms with Gasteiger partial charge in [-0.15, -0.1) is 0 Å². The van der Waals surface area contributed by atoms with Crippen molar-refractivity contribution in [2.75, 3.05) is 5.01 Å². The van der Waals surface area contributed by atoms with E-state index in [1.165, 1.54) is 27.9 Å². The molecule has 0 spiro atoms. The second-order valence-corrected chi connectivity index (χ2v) is 9.47. The first-order chi connectivity index (χ1) is 16.6. The van der Waals surface area contributed by atoms with Gasteiger partial charge in [-0.05, 0) is 68.5 Å². The maximum Gasteiger partial charge on any atom is 1.00 e. The first-order valence-electron chi connectivity index (χ1n) is 9.83. The molecule has 0 atom stereocenters. The molecule has 0 saturated heterocycles. The third-order valence-electron chi connectivity index (χ3n) is 5.09. The summed E-state index contributed by atoms with van der Waals surface area (Å²) in [6.45, 7) is 3.28. The largest absolute Gasteiger partial charge is 1.00 e. The number of nitrogens with zero attached hydrogens (tertiary/aromatic N) is 3. The van der Waals surface area contributed by atoms with Gasteiger partial charge in [-0.1, -0.05) is 0 Å². The van der Waals surface area contributed by atoms with Crippen LogP contribution in [0, 0.1) is 6.92 Å². The van der Waals surface area contributed by atoms with Crippen molar-refractivity contribution in [2.45, 2.75) is 23.6 Å². The van der Waals surface area contributed by atoms with Crippen LogP contribution in [0.5, 0.6) is 0 Å². The fourth-order valence-electron chi connectivity index (χ4n) is 3.37. The van der Waals surface area contributed by atoms with Crippen molar-refractivity contribution in [1.82, 2.24) is 9.78 Å². The Kier molecular flexibility index (Phi) is 12.4. The van der Waals surface area contributed by atoms with Crippen molar-refractivity contribution in [3.63, 3.8) is 0 Å². The van der Waals surface area contributed by atoms with Gasteiger partial charge < -0.3 is 9.81 Å². The maximum absolute atomic E-state index is 13.1. The van der Waals surface area contributed by atoms with Crippen molar-refractivity contribution in [1.29, 1.82) is 0 Å². The number of hydrogen-bond donors (Lipinski definition) is 1. The third-order valence-corrected chi connectivity index (χ3v) is 6.53. The average molecular weight is 595 g/mol. The molecule has 3 aromatic rings. The third kappa shape index (κ3) is 7.48. The van der Waals surface area contributed by atoms with E-state index in [9.17, 15) is 27.8 Å². The molecule has 0 saturated carbocycles. The van der Waals surface area contributed by atoms with E-state index in [4.69, 9.17) is 0 Å². The number of nitrogens with one attached hydrogen (secondary N) is 1. The number of anilines is 1. The summed E-state index contributed by atoms with van der Waals surface area (Å²) < 4.78 is 38.8. The molecule has 37 heavy (non-hydrogen) atoms. The van der Waals surface area contributed by atoms with Crippen LogP contribution in [0.3, 0.4) is 0 Å². The molecule has 0 unspecified atom stereocenters. The number of hydrazone groups is 1. The van der Waals surface area contributed by atoms with E-state index in [0.717, 1.165) is 12.1 Å². The summed E-state index contributed by atoms with van der Waals surface area (Å²) in [6.07, 6.45) is 1.44.